The molecule has 1 atom stereocenters. The number of nitrogens with zero attached hydrogens (tertiary/aromatic N) is 2. The van der Waals surface area contributed by atoms with Crippen molar-refractivity contribution in [3.63, 3.8) is 0 Å². The summed E-state index contributed by atoms with van der Waals surface area (Å²) in [4.78, 5) is 30.7. The Morgan fingerprint density at radius 2 is 1.69 bits per heavy atom. The van der Waals surface area contributed by atoms with Crippen molar-refractivity contribution >= 4 is 66.0 Å². The van der Waals surface area contributed by atoms with Gasteiger partial charge in [0.25, 0.3) is 5.91 Å². The maximum absolute atomic E-state index is 13.8. The van der Waals surface area contributed by atoms with E-state index in [2.05, 4.69) is 20.9 Å². The molecule has 0 aliphatic carbocycles. The van der Waals surface area contributed by atoms with Gasteiger partial charge in [-0.3, -0.25) is 9.59 Å². The van der Waals surface area contributed by atoms with Gasteiger partial charge in [0.15, 0.2) is 0 Å². The molecule has 36 heavy (non-hydrogen) atoms. The Balaban J connectivity index is 1.51. The third kappa shape index (κ3) is 4.59. The van der Waals surface area contributed by atoms with Crippen LogP contribution in [-0.4, -0.2) is 42.1 Å². The molecule has 5 rings (SSSR count). The molecule has 1 aromatic heterocycles. The van der Waals surface area contributed by atoms with Gasteiger partial charge in [0.1, 0.15) is 6.04 Å². The van der Waals surface area contributed by atoms with E-state index in [0.717, 1.165) is 30.1 Å². The van der Waals surface area contributed by atoms with E-state index in [1.807, 2.05) is 30.5 Å². The van der Waals surface area contributed by atoms with E-state index < -0.39 is 27.9 Å². The van der Waals surface area contributed by atoms with Crippen LogP contribution in [0.2, 0.25) is 5.02 Å². The molecule has 184 valence electrons. The standard InChI is InChI=1S/C26H21BrClN3O4S/c27-18-5-11-21(12-6-18)36(34,35)30(14-13-17-16-29-23-4-2-1-3-22(17)23)24-15-25(32)31(26(24)33)20-9-7-19(28)8-10-20/h1-12,16,24,29H,13-15H2. The fourth-order valence-corrected chi connectivity index (χ4v) is 6.43. The number of amides is 2. The summed E-state index contributed by atoms with van der Waals surface area (Å²) in [5, 5.41) is 1.45. The van der Waals surface area contributed by atoms with Crippen LogP contribution in [0.1, 0.15) is 12.0 Å². The number of nitrogens with one attached hydrogen (secondary N) is 1. The number of imide groups is 1. The summed E-state index contributed by atoms with van der Waals surface area (Å²) >= 11 is 9.28. The molecule has 2 amide bonds. The third-order valence-corrected chi connectivity index (χ3v) is 8.95. The van der Waals surface area contributed by atoms with E-state index in [1.54, 1.807) is 36.4 Å². The second kappa shape index (κ2) is 9.82. The molecule has 1 saturated heterocycles. The highest BCUT2D eigenvalue weighted by atomic mass is 79.9. The number of aromatic amines is 1. The molecular formula is C26H21BrClN3O4S. The van der Waals surface area contributed by atoms with Crippen molar-refractivity contribution < 1.29 is 18.0 Å². The zero-order valence-electron chi connectivity index (χ0n) is 18.9. The van der Waals surface area contributed by atoms with E-state index in [0.29, 0.717) is 17.1 Å². The minimum Gasteiger partial charge on any atom is -0.361 e. The molecule has 1 aliphatic heterocycles. The van der Waals surface area contributed by atoms with Crippen LogP contribution in [-0.2, 0) is 26.0 Å². The summed E-state index contributed by atoms with van der Waals surface area (Å²) < 4.78 is 29.5. The molecule has 0 saturated carbocycles. The predicted molar refractivity (Wildman–Crippen MR) is 142 cm³/mol. The maximum Gasteiger partial charge on any atom is 0.252 e. The maximum atomic E-state index is 13.8. The molecular weight excluding hydrogens is 566 g/mol. The molecule has 4 aromatic rings. The normalized spacial score (nSPS) is 16.4. The van der Waals surface area contributed by atoms with E-state index in [9.17, 15) is 18.0 Å². The number of H-pyrrole nitrogens is 1. The van der Waals surface area contributed by atoms with E-state index in [1.165, 1.54) is 12.1 Å². The van der Waals surface area contributed by atoms with Gasteiger partial charge < -0.3 is 4.98 Å². The number of hydrogen-bond acceptors (Lipinski definition) is 4. The van der Waals surface area contributed by atoms with Gasteiger partial charge in [0.2, 0.25) is 15.9 Å². The molecule has 3 aromatic carbocycles. The average Bonchev–Trinajstić information content (AvgIpc) is 3.40. The molecule has 1 unspecified atom stereocenters. The molecule has 10 heteroatoms. The van der Waals surface area contributed by atoms with Crippen LogP contribution in [0.3, 0.4) is 0 Å². The average molecular weight is 587 g/mol. The second-order valence-electron chi connectivity index (χ2n) is 8.44. The first-order valence-electron chi connectivity index (χ1n) is 11.2. The predicted octanol–water partition coefficient (Wildman–Crippen LogP) is 5.15. The lowest BCUT2D eigenvalue weighted by atomic mass is 10.1. The highest BCUT2D eigenvalue weighted by molar-refractivity contribution is 9.10. The van der Waals surface area contributed by atoms with Crippen LogP contribution in [0.15, 0.2) is 88.4 Å². The number of sulfonamides is 1. The van der Waals surface area contributed by atoms with Crippen LogP contribution in [0.5, 0.6) is 0 Å². The Labute approximate surface area is 221 Å². The fraction of sp³-hybridized carbons (Fsp3) is 0.154. The minimum atomic E-state index is -4.09. The van der Waals surface area contributed by atoms with Crippen molar-refractivity contribution in [3.8, 4) is 0 Å². The number of benzene rings is 3. The van der Waals surface area contributed by atoms with Crippen molar-refractivity contribution in [1.29, 1.82) is 0 Å². The second-order valence-corrected chi connectivity index (χ2v) is 11.7. The smallest absolute Gasteiger partial charge is 0.252 e. The van der Waals surface area contributed by atoms with Crippen LogP contribution < -0.4 is 4.90 Å². The number of carbonyl (C=O) groups is 2. The summed E-state index contributed by atoms with van der Waals surface area (Å²) in [5.74, 6) is -1.04. The third-order valence-electron chi connectivity index (χ3n) is 6.25. The molecule has 7 nitrogen and oxygen atoms in total. The lowest BCUT2D eigenvalue weighted by Gasteiger charge is -2.27. The Hall–Kier alpha value is -2.98. The highest BCUT2D eigenvalue weighted by Gasteiger charge is 2.46. The summed E-state index contributed by atoms with van der Waals surface area (Å²) in [6.07, 6.45) is 1.96. The first kappa shape index (κ1) is 24.7. The lowest BCUT2D eigenvalue weighted by Crippen LogP contribution is -2.46. The Morgan fingerprint density at radius 1 is 1.00 bits per heavy atom. The SMILES string of the molecule is O=C1CC(N(CCc2c[nH]c3ccccc23)S(=O)(=O)c2ccc(Br)cc2)C(=O)N1c1ccc(Cl)cc1. The molecule has 2 heterocycles. The van der Waals surface area contributed by atoms with Gasteiger partial charge in [-0.05, 0) is 66.6 Å². The highest BCUT2D eigenvalue weighted by Crippen LogP contribution is 2.31. The van der Waals surface area contributed by atoms with Gasteiger partial charge in [-0.15, -0.1) is 0 Å². The van der Waals surface area contributed by atoms with Gasteiger partial charge in [-0.2, -0.15) is 4.31 Å². The molecule has 1 N–H and O–H groups in total. The van der Waals surface area contributed by atoms with Crippen molar-refractivity contribution in [2.75, 3.05) is 11.4 Å². The van der Waals surface area contributed by atoms with Gasteiger partial charge in [-0.25, -0.2) is 13.3 Å². The quantitative estimate of drug-likeness (QED) is 0.303. The fourth-order valence-electron chi connectivity index (χ4n) is 4.46. The van der Waals surface area contributed by atoms with Crippen molar-refractivity contribution in [2.45, 2.75) is 23.8 Å². The van der Waals surface area contributed by atoms with Crippen molar-refractivity contribution in [2.24, 2.45) is 0 Å². The Bertz CT molecular complexity index is 1550. The zero-order valence-corrected chi connectivity index (χ0v) is 22.1. The molecule has 0 bridgehead atoms. The monoisotopic (exact) mass is 585 g/mol. The topological polar surface area (TPSA) is 90.5 Å². The molecule has 1 fully saturated rings. The lowest BCUT2D eigenvalue weighted by molar-refractivity contribution is -0.122. The number of carbonyl (C=O) groups excluding carboxylic acids is 2. The number of fused-ring (bicyclic) bond motifs is 1. The zero-order chi connectivity index (χ0) is 25.4. The van der Waals surface area contributed by atoms with Crippen LogP contribution in [0.4, 0.5) is 5.69 Å². The van der Waals surface area contributed by atoms with E-state index in [-0.39, 0.29) is 17.9 Å². The number of anilines is 1. The summed E-state index contributed by atoms with van der Waals surface area (Å²) in [6.45, 7) is 0.0262. The number of hydrogen-bond donors (Lipinski definition) is 1. The van der Waals surface area contributed by atoms with Gasteiger partial charge in [0, 0.05) is 33.1 Å². The van der Waals surface area contributed by atoms with Gasteiger partial charge in [0.05, 0.1) is 17.0 Å². The van der Waals surface area contributed by atoms with Gasteiger partial charge in [-0.1, -0.05) is 45.7 Å². The van der Waals surface area contributed by atoms with Crippen molar-refractivity contribution in [1.82, 2.24) is 9.29 Å². The summed E-state index contributed by atoms with van der Waals surface area (Å²) in [6, 6.07) is 19.1. The number of para-hydroxylation sites is 1. The largest absolute Gasteiger partial charge is 0.361 e. The van der Waals surface area contributed by atoms with Crippen molar-refractivity contribution in [3.05, 3.63) is 94.1 Å². The molecule has 0 radical (unpaired) electrons. The molecule has 1 aliphatic rings. The van der Waals surface area contributed by atoms with E-state index >= 15 is 0 Å². The number of rotatable bonds is 7. The van der Waals surface area contributed by atoms with Crippen LogP contribution >= 0.6 is 27.5 Å². The first-order valence-corrected chi connectivity index (χ1v) is 13.8. The van der Waals surface area contributed by atoms with Crippen LogP contribution in [0, 0.1) is 0 Å². The summed E-state index contributed by atoms with van der Waals surface area (Å²) in [7, 11) is -4.09. The minimum absolute atomic E-state index is 0.0262. The van der Waals surface area contributed by atoms with Gasteiger partial charge >= 0.3 is 0 Å². The van der Waals surface area contributed by atoms with E-state index in [4.69, 9.17) is 11.6 Å². The summed E-state index contributed by atoms with van der Waals surface area (Å²) in [5.41, 5.74) is 2.22. The number of aromatic nitrogens is 1. The first-order chi connectivity index (χ1) is 17.3. The van der Waals surface area contributed by atoms with Crippen LogP contribution in [0.25, 0.3) is 10.9 Å². The Morgan fingerprint density at radius 3 is 2.42 bits per heavy atom. The Kier molecular flexibility index (Phi) is 6.74. The number of halogens is 2. The molecule has 0 spiro atoms.